The van der Waals surface area contributed by atoms with E-state index >= 15 is 0 Å². The van der Waals surface area contributed by atoms with E-state index in [4.69, 9.17) is 4.74 Å². The molecule has 1 fully saturated rings. The van der Waals surface area contributed by atoms with Gasteiger partial charge in [-0.15, -0.1) is 0 Å². The quantitative estimate of drug-likeness (QED) is 0.447. The van der Waals surface area contributed by atoms with Crippen molar-refractivity contribution in [2.75, 3.05) is 6.61 Å². The van der Waals surface area contributed by atoms with Crippen LogP contribution >= 0.6 is 0 Å². The molecule has 1 heterocycles. The van der Waals surface area contributed by atoms with Gasteiger partial charge in [-0.05, 0) is 51.5 Å². The van der Waals surface area contributed by atoms with Gasteiger partial charge in [0.15, 0.2) is 0 Å². The van der Waals surface area contributed by atoms with Crippen LogP contribution in [0.5, 0.6) is 0 Å². The van der Waals surface area contributed by atoms with Crippen molar-refractivity contribution in [2.45, 2.75) is 58.5 Å². The van der Waals surface area contributed by atoms with Crippen molar-refractivity contribution in [3.05, 3.63) is 47.1 Å². The van der Waals surface area contributed by atoms with Gasteiger partial charge in [0.1, 0.15) is 6.10 Å². The van der Waals surface area contributed by atoms with Gasteiger partial charge in [-0.3, -0.25) is 0 Å². The number of esters is 1. The van der Waals surface area contributed by atoms with Crippen LogP contribution in [0, 0.1) is 5.92 Å². The van der Waals surface area contributed by atoms with Gasteiger partial charge in [-0.25, -0.2) is 4.79 Å². The van der Waals surface area contributed by atoms with Crippen LogP contribution < -0.4 is 0 Å². The summed E-state index contributed by atoms with van der Waals surface area (Å²) in [6, 6.07) is 0. The van der Waals surface area contributed by atoms with Crippen molar-refractivity contribution < 1.29 is 14.6 Å². The van der Waals surface area contributed by atoms with Crippen molar-refractivity contribution >= 4 is 5.97 Å². The van der Waals surface area contributed by atoms with Crippen LogP contribution in [0.4, 0.5) is 0 Å². The number of rotatable bonds is 1. The highest BCUT2D eigenvalue weighted by Gasteiger charge is 2.37. The van der Waals surface area contributed by atoms with Crippen molar-refractivity contribution in [3.8, 4) is 0 Å². The average Bonchev–Trinajstić information content (AvgIpc) is 2.76. The number of fused-ring (bicyclic) bond motifs is 1. The van der Waals surface area contributed by atoms with E-state index in [1.54, 1.807) is 0 Å². The molecule has 1 aliphatic heterocycles. The highest BCUT2D eigenvalue weighted by molar-refractivity contribution is 5.90. The molecular weight excluding hydrogens is 288 g/mol. The first-order chi connectivity index (χ1) is 11.0. The Morgan fingerprint density at radius 2 is 1.87 bits per heavy atom. The minimum Gasteiger partial charge on any atom is -0.458 e. The molecule has 2 atom stereocenters. The summed E-state index contributed by atoms with van der Waals surface area (Å²) < 4.78 is 5.52. The van der Waals surface area contributed by atoms with E-state index in [2.05, 4.69) is 38.7 Å². The Morgan fingerprint density at radius 1 is 1.17 bits per heavy atom. The van der Waals surface area contributed by atoms with Gasteiger partial charge in [-0.1, -0.05) is 36.0 Å². The van der Waals surface area contributed by atoms with Gasteiger partial charge in [0.2, 0.25) is 0 Å². The van der Waals surface area contributed by atoms with Crippen molar-refractivity contribution in [2.24, 2.45) is 5.92 Å². The molecular formula is C20H28O3. The lowest BCUT2D eigenvalue weighted by Gasteiger charge is -2.17. The zero-order chi connectivity index (χ0) is 16.8. The molecule has 23 heavy (non-hydrogen) atoms. The van der Waals surface area contributed by atoms with E-state index in [9.17, 15) is 9.90 Å². The van der Waals surface area contributed by atoms with Gasteiger partial charge in [0, 0.05) is 17.9 Å². The molecule has 0 unspecified atom stereocenters. The fraction of sp³-hybridized carbons (Fsp3) is 0.550. The third-order valence-electron chi connectivity index (χ3n) is 4.79. The van der Waals surface area contributed by atoms with Crippen LogP contribution in [0.3, 0.4) is 0 Å². The van der Waals surface area contributed by atoms with Crippen molar-refractivity contribution in [1.82, 2.24) is 0 Å². The normalized spacial score (nSPS) is 31.9. The van der Waals surface area contributed by atoms with E-state index < -0.39 is 0 Å². The number of carbonyl (C=O) groups excluding carboxylic acids is 1. The fourth-order valence-electron chi connectivity index (χ4n) is 3.24. The van der Waals surface area contributed by atoms with Gasteiger partial charge < -0.3 is 9.84 Å². The Hall–Kier alpha value is -1.61. The number of allylic oxidation sites excluding steroid dienone is 4. The predicted octanol–water partition coefficient (Wildman–Crippen LogP) is 4.25. The van der Waals surface area contributed by atoms with Crippen molar-refractivity contribution in [3.63, 3.8) is 0 Å². The van der Waals surface area contributed by atoms with E-state index in [1.165, 1.54) is 11.1 Å². The van der Waals surface area contributed by atoms with Crippen LogP contribution in [0.1, 0.15) is 52.4 Å². The molecule has 1 saturated heterocycles. The number of hydrogen-bond donors (Lipinski definition) is 1. The summed E-state index contributed by atoms with van der Waals surface area (Å²) in [7, 11) is 0. The Morgan fingerprint density at radius 3 is 2.61 bits per heavy atom. The van der Waals surface area contributed by atoms with Gasteiger partial charge >= 0.3 is 5.97 Å². The van der Waals surface area contributed by atoms with E-state index in [0.717, 1.165) is 37.7 Å². The molecule has 0 aromatic rings. The molecule has 126 valence electrons. The number of carbonyl (C=O) groups is 1. The lowest BCUT2D eigenvalue weighted by atomic mass is 9.88. The summed E-state index contributed by atoms with van der Waals surface area (Å²) in [5.74, 6) is -0.249. The molecule has 0 aromatic heterocycles. The monoisotopic (exact) mass is 316 g/mol. The second kappa shape index (κ2) is 8.30. The van der Waals surface area contributed by atoms with Gasteiger partial charge in [0.05, 0.1) is 6.61 Å². The van der Waals surface area contributed by atoms with Gasteiger partial charge in [0.25, 0.3) is 0 Å². The van der Waals surface area contributed by atoms with Crippen LogP contribution in [0.15, 0.2) is 47.1 Å². The molecule has 0 bridgehead atoms. The zero-order valence-electron chi connectivity index (χ0n) is 14.3. The predicted molar refractivity (Wildman–Crippen MR) is 92.9 cm³/mol. The smallest absolute Gasteiger partial charge is 0.334 e. The Bertz CT molecular complexity index is 551. The Kier molecular flexibility index (Phi) is 6.40. The Labute approximate surface area is 139 Å². The molecule has 0 saturated carbocycles. The van der Waals surface area contributed by atoms with Crippen molar-refractivity contribution in [1.29, 1.82) is 0 Å². The summed E-state index contributed by atoms with van der Waals surface area (Å²) in [5, 5.41) is 9.54. The largest absolute Gasteiger partial charge is 0.458 e. The second-order valence-corrected chi connectivity index (χ2v) is 6.71. The average molecular weight is 316 g/mol. The topological polar surface area (TPSA) is 46.5 Å². The maximum Gasteiger partial charge on any atom is 0.334 e. The minimum absolute atomic E-state index is 0.0209. The first-order valence-corrected chi connectivity index (χ1v) is 8.51. The number of hydrogen-bond acceptors (Lipinski definition) is 3. The maximum absolute atomic E-state index is 11.9. The molecule has 0 amide bonds. The minimum atomic E-state index is -0.270. The molecule has 2 rings (SSSR count). The summed E-state index contributed by atoms with van der Waals surface area (Å²) in [6.45, 7) is 8.25. The summed E-state index contributed by atoms with van der Waals surface area (Å²) in [4.78, 5) is 11.9. The molecule has 2 aliphatic rings. The van der Waals surface area contributed by atoms with Gasteiger partial charge in [-0.2, -0.15) is 0 Å². The van der Waals surface area contributed by atoms with Crippen LogP contribution in [-0.4, -0.2) is 23.8 Å². The number of aliphatic hydroxyl groups is 1. The molecule has 3 nitrogen and oxygen atoms in total. The molecule has 0 spiro atoms. The molecule has 0 aromatic carbocycles. The van der Waals surface area contributed by atoms with Crippen LogP contribution in [0.2, 0.25) is 0 Å². The third kappa shape index (κ3) is 4.93. The summed E-state index contributed by atoms with van der Waals surface area (Å²) >= 11 is 0. The lowest BCUT2D eigenvalue weighted by molar-refractivity contribution is -0.139. The van der Waals surface area contributed by atoms with E-state index in [1.807, 2.05) is 0 Å². The molecule has 3 heteroatoms. The first-order valence-electron chi connectivity index (χ1n) is 8.51. The number of aliphatic hydroxyl groups excluding tert-OH is 1. The fourth-order valence-corrected chi connectivity index (χ4v) is 3.24. The summed E-state index contributed by atoms with van der Waals surface area (Å²) in [6.07, 6.45) is 11.8. The highest BCUT2D eigenvalue weighted by atomic mass is 16.6. The maximum atomic E-state index is 11.9. The third-order valence-corrected chi connectivity index (χ3v) is 4.79. The highest BCUT2D eigenvalue weighted by Crippen LogP contribution is 2.34. The van der Waals surface area contributed by atoms with Crippen LogP contribution in [0.25, 0.3) is 0 Å². The summed E-state index contributed by atoms with van der Waals surface area (Å²) in [5.41, 5.74) is 4.25. The van der Waals surface area contributed by atoms with Crippen LogP contribution in [-0.2, 0) is 9.53 Å². The molecule has 1 aliphatic carbocycles. The molecule has 0 radical (unpaired) electrons. The van der Waals surface area contributed by atoms with E-state index in [-0.39, 0.29) is 24.6 Å². The Balaban J connectivity index is 2.22. The standard InChI is InChI=1S/C20H28O3/c1-14-6-4-8-15(2)12-19-18(16(3)20(22)23-19)11-10-17(13-21)9-5-7-14/h7-8,10,18-19,21H,3-6,9,11-13H2,1-2H3/b14-7-,15-8-,17-10?/t18-,19+/m1/s1. The molecule has 1 N–H and O–H groups in total. The second-order valence-electron chi connectivity index (χ2n) is 6.71. The SMILES string of the molecule is C=C1C(=O)O[C@H]2C/C(C)=C\CC/C(C)=C\CCC(CO)=CC[C@H]12. The first kappa shape index (κ1) is 17.7. The lowest BCUT2D eigenvalue weighted by Crippen LogP contribution is -2.17. The number of ether oxygens (including phenoxy) is 1. The van der Waals surface area contributed by atoms with E-state index in [0.29, 0.717) is 12.0 Å². The zero-order valence-corrected chi connectivity index (χ0v) is 14.3.